The normalized spacial score (nSPS) is 26.5. The topological polar surface area (TPSA) is 195 Å². The van der Waals surface area contributed by atoms with E-state index in [0.717, 1.165) is 75.3 Å². The number of ether oxygens (including phenoxy) is 6. The number of halogens is 6. The van der Waals surface area contributed by atoms with Crippen molar-refractivity contribution in [2.75, 3.05) is 30.5 Å². The van der Waals surface area contributed by atoms with Crippen LogP contribution >= 0.6 is 0 Å². The first-order valence-electron chi connectivity index (χ1n) is 22.3. The molecule has 4 amide bonds. The van der Waals surface area contributed by atoms with Crippen molar-refractivity contribution in [2.24, 2.45) is 0 Å². The maximum atomic E-state index is 13.5. The van der Waals surface area contributed by atoms with Crippen molar-refractivity contribution >= 4 is 29.4 Å². The molecule has 3 aliphatic rings. The predicted molar refractivity (Wildman–Crippen MR) is 228 cm³/mol. The molecule has 67 heavy (non-hydrogen) atoms. The standard InChI is InChI=1S/C46H56F6N4O11/c1-2-3-4-5-6-7-8-12-21-35(58)56-36-33(24-57)62-25-32(55-43(60)53-30-19-13-17-28(22-30)45(47,48)49)38(36)65-42-37(59)40(67-44(61)54-31-20-14-18-29(23-31)46(50,51)52)39-34(64-42)26-63-41(66-39)27-15-10-9-11-16-27/h9-11,13-20,22-23,32-34,36-42,57,59H,2-8,12,21,24-26H2,1H3,(H,54,61)(H,56,58)(H2,53,55,60)/t32?,33?,34?,36-,37?,38?,39-,40?,41?,42+/m0/s1. The molecule has 6 rings (SSSR count). The molecule has 0 aliphatic carbocycles. The first kappa shape index (κ1) is 51.4. The summed E-state index contributed by atoms with van der Waals surface area (Å²) in [4.78, 5) is 40.4. The van der Waals surface area contributed by atoms with Crippen LogP contribution in [0, 0.1) is 0 Å². The molecule has 368 valence electrons. The van der Waals surface area contributed by atoms with Gasteiger partial charge in [0.1, 0.15) is 30.5 Å². The largest absolute Gasteiger partial charge is 0.440 e. The first-order chi connectivity index (χ1) is 32.0. The van der Waals surface area contributed by atoms with E-state index < -0.39 is 109 Å². The lowest BCUT2D eigenvalue weighted by molar-refractivity contribution is -0.369. The van der Waals surface area contributed by atoms with Crippen LogP contribution in [0.25, 0.3) is 0 Å². The van der Waals surface area contributed by atoms with Crippen molar-refractivity contribution in [3.05, 3.63) is 95.6 Å². The second-order valence-corrected chi connectivity index (χ2v) is 16.5. The third-order valence-electron chi connectivity index (χ3n) is 11.5. The summed E-state index contributed by atoms with van der Waals surface area (Å²) >= 11 is 0. The monoisotopic (exact) mass is 954 g/mol. The van der Waals surface area contributed by atoms with Crippen LogP contribution in [0.3, 0.4) is 0 Å². The van der Waals surface area contributed by atoms with Crippen LogP contribution in [0.2, 0.25) is 0 Å². The van der Waals surface area contributed by atoms with Crippen molar-refractivity contribution in [2.45, 2.75) is 138 Å². The van der Waals surface area contributed by atoms with Gasteiger partial charge in [-0.15, -0.1) is 0 Å². The number of alkyl halides is 6. The molecule has 3 heterocycles. The average Bonchev–Trinajstić information content (AvgIpc) is 3.29. The van der Waals surface area contributed by atoms with Gasteiger partial charge in [-0.3, -0.25) is 10.1 Å². The molecular formula is C46H56F6N4O11. The van der Waals surface area contributed by atoms with Crippen LogP contribution in [0.15, 0.2) is 78.9 Å². The van der Waals surface area contributed by atoms with E-state index in [4.69, 9.17) is 28.4 Å². The zero-order chi connectivity index (χ0) is 48.1. The summed E-state index contributed by atoms with van der Waals surface area (Å²) < 4.78 is 117. The van der Waals surface area contributed by atoms with Crippen LogP contribution < -0.4 is 21.3 Å². The third kappa shape index (κ3) is 14.5. The number of amides is 4. The second kappa shape index (κ2) is 23.8. The van der Waals surface area contributed by atoms with Crippen LogP contribution in [0.5, 0.6) is 0 Å². The summed E-state index contributed by atoms with van der Waals surface area (Å²) in [6.45, 7) is 0.868. The number of aliphatic hydroxyl groups excluding tert-OH is 2. The molecule has 15 nitrogen and oxygen atoms in total. The molecule has 6 N–H and O–H groups in total. The zero-order valence-electron chi connectivity index (χ0n) is 36.6. The van der Waals surface area contributed by atoms with Gasteiger partial charge < -0.3 is 54.6 Å². The predicted octanol–water partition coefficient (Wildman–Crippen LogP) is 7.82. The molecule has 10 atom stereocenters. The number of benzene rings is 3. The number of carbonyl (C=O) groups is 3. The van der Waals surface area contributed by atoms with Gasteiger partial charge in [0.05, 0.1) is 43.0 Å². The smallest absolute Gasteiger partial charge is 0.416 e. The van der Waals surface area contributed by atoms with Crippen molar-refractivity contribution in [3.63, 3.8) is 0 Å². The number of hydrogen-bond acceptors (Lipinski definition) is 11. The Kier molecular flexibility index (Phi) is 18.3. The summed E-state index contributed by atoms with van der Waals surface area (Å²) in [6, 6.07) is 12.8. The van der Waals surface area contributed by atoms with Crippen molar-refractivity contribution in [1.82, 2.24) is 10.6 Å². The maximum absolute atomic E-state index is 13.5. The Morgan fingerprint density at radius 1 is 0.731 bits per heavy atom. The molecule has 3 aliphatic heterocycles. The summed E-state index contributed by atoms with van der Waals surface area (Å²) in [5.41, 5.74) is -2.00. The quantitative estimate of drug-likeness (QED) is 0.0538. The minimum absolute atomic E-state index is 0.0743. The fourth-order valence-corrected chi connectivity index (χ4v) is 8.11. The number of carbonyl (C=O) groups excluding carboxylic acids is 3. The summed E-state index contributed by atoms with van der Waals surface area (Å²) in [5, 5.41) is 32.5. The van der Waals surface area contributed by atoms with E-state index in [1.54, 1.807) is 30.3 Å². The van der Waals surface area contributed by atoms with Gasteiger partial charge in [0.15, 0.2) is 18.7 Å². The van der Waals surface area contributed by atoms with Gasteiger partial charge >= 0.3 is 24.5 Å². The molecule has 0 spiro atoms. The summed E-state index contributed by atoms with van der Waals surface area (Å²) in [5.74, 6) is -0.459. The number of fused-ring (bicyclic) bond motifs is 1. The van der Waals surface area contributed by atoms with Crippen molar-refractivity contribution < 1.29 is 79.4 Å². The van der Waals surface area contributed by atoms with E-state index >= 15 is 0 Å². The highest BCUT2D eigenvalue weighted by Crippen LogP contribution is 2.38. The Morgan fingerprint density at radius 2 is 1.36 bits per heavy atom. The number of anilines is 2. The lowest BCUT2D eigenvalue weighted by Crippen LogP contribution is -2.69. The van der Waals surface area contributed by atoms with Crippen LogP contribution in [0.1, 0.15) is 87.7 Å². The van der Waals surface area contributed by atoms with Gasteiger partial charge in [-0.1, -0.05) is 94.3 Å². The number of rotatable bonds is 18. The van der Waals surface area contributed by atoms with Gasteiger partial charge in [0.25, 0.3) is 0 Å². The molecule has 3 saturated heterocycles. The van der Waals surface area contributed by atoms with E-state index in [-0.39, 0.29) is 31.0 Å². The Balaban J connectivity index is 1.25. The number of aliphatic hydroxyl groups is 2. The highest BCUT2D eigenvalue weighted by molar-refractivity contribution is 5.89. The van der Waals surface area contributed by atoms with Gasteiger partial charge in [0, 0.05) is 23.4 Å². The van der Waals surface area contributed by atoms with E-state index in [2.05, 4.69) is 28.2 Å². The Morgan fingerprint density at radius 3 is 1.99 bits per heavy atom. The minimum Gasteiger partial charge on any atom is -0.440 e. The molecule has 0 aromatic heterocycles. The highest BCUT2D eigenvalue weighted by atomic mass is 19.4. The van der Waals surface area contributed by atoms with E-state index in [9.17, 15) is 50.9 Å². The SMILES string of the molecule is CCCCCCCCCCC(=O)N[C@H]1C(CO)OCC(NC(=O)Nc2cccc(C(F)(F)F)c2)C1O[C@H]1OC2COC(c3ccccc3)O[C@@H]2C(OC(=O)Nc2cccc(C(F)(F)F)c2)C1O. The fraction of sp³-hybridized carbons (Fsp3) is 0.543. The molecule has 0 radical (unpaired) electrons. The van der Waals surface area contributed by atoms with Crippen molar-refractivity contribution in [3.8, 4) is 0 Å². The van der Waals surface area contributed by atoms with Crippen LogP contribution in [-0.2, 0) is 45.6 Å². The highest BCUT2D eigenvalue weighted by Gasteiger charge is 2.54. The van der Waals surface area contributed by atoms with E-state index in [0.29, 0.717) is 18.1 Å². The lowest BCUT2D eigenvalue weighted by atomic mass is 9.93. The minimum atomic E-state index is -4.73. The molecule has 3 aromatic rings. The van der Waals surface area contributed by atoms with E-state index in [1.807, 2.05) is 0 Å². The second-order valence-electron chi connectivity index (χ2n) is 16.5. The summed E-state index contributed by atoms with van der Waals surface area (Å²) in [6.07, 6.45) is -14.3. The van der Waals surface area contributed by atoms with Crippen LogP contribution in [0.4, 0.5) is 47.3 Å². The van der Waals surface area contributed by atoms with Gasteiger partial charge in [-0.25, -0.2) is 9.59 Å². The number of hydrogen-bond donors (Lipinski definition) is 6. The average molecular weight is 955 g/mol. The molecule has 3 aromatic carbocycles. The molecule has 7 unspecified atom stereocenters. The molecule has 21 heteroatoms. The zero-order valence-corrected chi connectivity index (χ0v) is 36.6. The molecule has 0 bridgehead atoms. The Hall–Kier alpha value is -5.03. The Bertz CT molecular complexity index is 2070. The van der Waals surface area contributed by atoms with E-state index in [1.165, 1.54) is 12.1 Å². The number of unbranched alkanes of at least 4 members (excludes halogenated alkanes) is 7. The molecular weight excluding hydrogens is 899 g/mol. The van der Waals surface area contributed by atoms with Gasteiger partial charge in [-0.2, -0.15) is 26.3 Å². The van der Waals surface area contributed by atoms with Gasteiger partial charge in [-0.05, 0) is 42.8 Å². The maximum Gasteiger partial charge on any atom is 0.416 e. The fourth-order valence-electron chi connectivity index (χ4n) is 8.11. The number of nitrogens with one attached hydrogen (secondary N) is 4. The first-order valence-corrected chi connectivity index (χ1v) is 22.3. The van der Waals surface area contributed by atoms with Crippen LogP contribution in [-0.4, -0.2) is 103 Å². The Labute approximate surface area is 383 Å². The van der Waals surface area contributed by atoms with Crippen molar-refractivity contribution in [1.29, 1.82) is 0 Å². The molecule has 0 saturated carbocycles. The molecule has 3 fully saturated rings. The number of urea groups is 1. The van der Waals surface area contributed by atoms with Gasteiger partial charge in [0.2, 0.25) is 5.91 Å². The third-order valence-corrected chi connectivity index (χ3v) is 11.5. The summed E-state index contributed by atoms with van der Waals surface area (Å²) in [7, 11) is 0. The lowest BCUT2D eigenvalue weighted by Gasteiger charge is -2.49.